The zero-order valence-corrected chi connectivity index (χ0v) is 13.5. The van der Waals surface area contributed by atoms with Crippen molar-refractivity contribution in [2.75, 3.05) is 4.72 Å². The summed E-state index contributed by atoms with van der Waals surface area (Å²) < 4.78 is 4.86. The van der Waals surface area contributed by atoms with Crippen LogP contribution in [0.3, 0.4) is 0 Å². The lowest BCUT2D eigenvalue weighted by Crippen LogP contribution is -1.92. The predicted molar refractivity (Wildman–Crippen MR) is 91.2 cm³/mol. The van der Waals surface area contributed by atoms with Gasteiger partial charge in [0.25, 0.3) is 0 Å². The molecule has 0 radical (unpaired) electrons. The first-order valence-corrected chi connectivity index (χ1v) is 7.91. The number of nitrogens with one attached hydrogen (secondary N) is 1. The number of phenolic OH excluding ortho intramolecular Hbond substituents is 1. The number of aromatic nitrogens is 2. The van der Waals surface area contributed by atoms with Gasteiger partial charge in [-0.3, -0.25) is 0 Å². The van der Waals surface area contributed by atoms with E-state index in [2.05, 4.69) is 9.82 Å². The first-order chi connectivity index (χ1) is 10.6. The Bertz CT molecular complexity index is 793. The Morgan fingerprint density at radius 2 is 1.91 bits per heavy atom. The van der Waals surface area contributed by atoms with Gasteiger partial charge in [-0.05, 0) is 36.2 Å². The smallest absolute Gasteiger partial charge is 0.149 e. The van der Waals surface area contributed by atoms with Crippen LogP contribution in [0.1, 0.15) is 0 Å². The first kappa shape index (κ1) is 15.1. The second-order valence-electron chi connectivity index (χ2n) is 4.45. The average Bonchev–Trinajstić information content (AvgIpc) is 2.99. The van der Waals surface area contributed by atoms with E-state index in [1.165, 1.54) is 18.0 Å². The quantitative estimate of drug-likeness (QED) is 0.649. The van der Waals surface area contributed by atoms with Gasteiger partial charge >= 0.3 is 0 Å². The summed E-state index contributed by atoms with van der Waals surface area (Å²) in [6.07, 6.45) is 3.55. The summed E-state index contributed by atoms with van der Waals surface area (Å²) >= 11 is 13.0. The number of halogens is 2. The molecule has 4 nitrogen and oxygen atoms in total. The fraction of sp³-hybridized carbons (Fsp3) is 0. The highest BCUT2D eigenvalue weighted by atomic mass is 35.5. The molecule has 0 fully saturated rings. The van der Waals surface area contributed by atoms with Gasteiger partial charge in [-0.15, -0.1) is 0 Å². The second-order valence-corrected chi connectivity index (χ2v) is 6.14. The topological polar surface area (TPSA) is 50.1 Å². The van der Waals surface area contributed by atoms with Crippen molar-refractivity contribution >= 4 is 40.8 Å². The molecule has 3 rings (SSSR count). The van der Waals surface area contributed by atoms with Gasteiger partial charge in [-0.25, -0.2) is 4.68 Å². The fourth-order valence-electron chi connectivity index (χ4n) is 1.83. The lowest BCUT2D eigenvalue weighted by Gasteiger charge is -2.07. The zero-order valence-electron chi connectivity index (χ0n) is 11.2. The Balaban J connectivity index is 1.74. The van der Waals surface area contributed by atoms with Gasteiger partial charge in [-0.1, -0.05) is 41.4 Å². The minimum absolute atomic E-state index is 0.000909. The van der Waals surface area contributed by atoms with Crippen molar-refractivity contribution in [3.05, 3.63) is 64.9 Å². The molecule has 0 aliphatic carbocycles. The molecule has 22 heavy (non-hydrogen) atoms. The molecule has 0 amide bonds. The van der Waals surface area contributed by atoms with E-state index in [1.54, 1.807) is 16.9 Å². The molecule has 1 heterocycles. The number of phenols is 1. The lowest BCUT2D eigenvalue weighted by molar-refractivity contribution is 0.463. The molecule has 0 unspecified atom stereocenters. The number of para-hydroxylation sites is 1. The first-order valence-electron chi connectivity index (χ1n) is 6.34. The Hall–Kier alpha value is -1.82. The maximum absolute atomic E-state index is 9.91. The van der Waals surface area contributed by atoms with Gasteiger partial charge in [-0.2, -0.15) is 5.10 Å². The fourth-order valence-corrected chi connectivity index (χ4v) is 3.17. The number of nitrogens with zero attached hydrogens (tertiary/aromatic N) is 2. The maximum atomic E-state index is 9.91. The molecule has 2 N–H and O–H groups in total. The van der Waals surface area contributed by atoms with E-state index >= 15 is 0 Å². The summed E-state index contributed by atoms with van der Waals surface area (Å²) in [5.41, 5.74) is 1.76. The third kappa shape index (κ3) is 3.32. The standard InChI is InChI=1S/C15H11Cl2N3OS/c16-10-6-13(17)15(21)14(7-10)22-19-11-8-18-20(9-11)12-4-2-1-3-5-12/h1-9,19,21H. The summed E-state index contributed by atoms with van der Waals surface area (Å²) in [5, 5.41) is 14.9. The van der Waals surface area contributed by atoms with Crippen molar-refractivity contribution in [2.24, 2.45) is 0 Å². The van der Waals surface area contributed by atoms with Crippen molar-refractivity contribution in [2.45, 2.75) is 4.90 Å². The summed E-state index contributed by atoms with van der Waals surface area (Å²) in [4.78, 5) is 0.546. The largest absolute Gasteiger partial charge is 0.505 e. The van der Waals surface area contributed by atoms with E-state index in [0.717, 1.165) is 11.4 Å². The number of hydrogen-bond acceptors (Lipinski definition) is 4. The normalized spacial score (nSPS) is 10.6. The van der Waals surface area contributed by atoms with Crippen LogP contribution in [0.25, 0.3) is 5.69 Å². The van der Waals surface area contributed by atoms with E-state index in [9.17, 15) is 5.11 Å². The van der Waals surface area contributed by atoms with E-state index in [-0.39, 0.29) is 10.8 Å². The molecular weight excluding hydrogens is 341 g/mol. The molecule has 0 atom stereocenters. The average molecular weight is 352 g/mol. The molecular formula is C15H11Cl2N3OS. The molecule has 7 heteroatoms. The van der Waals surface area contributed by atoms with Crippen LogP contribution in [0.4, 0.5) is 5.69 Å². The number of benzene rings is 2. The van der Waals surface area contributed by atoms with Crippen molar-refractivity contribution < 1.29 is 5.11 Å². The summed E-state index contributed by atoms with van der Waals surface area (Å²) in [7, 11) is 0. The Morgan fingerprint density at radius 1 is 1.14 bits per heavy atom. The van der Waals surface area contributed by atoms with Crippen LogP contribution in [0.15, 0.2) is 59.8 Å². The van der Waals surface area contributed by atoms with Gasteiger partial charge in [0.15, 0.2) is 0 Å². The van der Waals surface area contributed by atoms with E-state index in [1.807, 2.05) is 36.5 Å². The monoisotopic (exact) mass is 351 g/mol. The van der Waals surface area contributed by atoms with Gasteiger partial charge in [0.1, 0.15) is 5.75 Å². The van der Waals surface area contributed by atoms with Crippen LogP contribution in [-0.4, -0.2) is 14.9 Å². The molecule has 2 aromatic carbocycles. The van der Waals surface area contributed by atoms with Crippen LogP contribution < -0.4 is 4.72 Å². The zero-order chi connectivity index (χ0) is 15.5. The van der Waals surface area contributed by atoms with Crippen LogP contribution in [0.2, 0.25) is 10.0 Å². The minimum atomic E-state index is -0.000909. The van der Waals surface area contributed by atoms with Crippen molar-refractivity contribution in [3.63, 3.8) is 0 Å². The van der Waals surface area contributed by atoms with Crippen molar-refractivity contribution in [3.8, 4) is 11.4 Å². The molecule has 112 valence electrons. The van der Waals surface area contributed by atoms with E-state index < -0.39 is 0 Å². The van der Waals surface area contributed by atoms with Crippen LogP contribution >= 0.6 is 35.1 Å². The highest BCUT2D eigenvalue weighted by Crippen LogP contribution is 2.37. The van der Waals surface area contributed by atoms with Crippen molar-refractivity contribution in [1.29, 1.82) is 0 Å². The van der Waals surface area contributed by atoms with Crippen molar-refractivity contribution in [1.82, 2.24) is 9.78 Å². The summed E-state index contributed by atoms with van der Waals surface area (Å²) in [5.74, 6) is -0.000909. The third-order valence-electron chi connectivity index (χ3n) is 2.88. The minimum Gasteiger partial charge on any atom is -0.505 e. The Labute approximate surface area is 141 Å². The predicted octanol–water partition coefficient (Wildman–Crippen LogP) is 5.00. The van der Waals surface area contributed by atoms with Crippen LogP contribution in [-0.2, 0) is 0 Å². The highest BCUT2D eigenvalue weighted by Gasteiger charge is 2.09. The van der Waals surface area contributed by atoms with Gasteiger partial charge in [0.2, 0.25) is 0 Å². The van der Waals surface area contributed by atoms with Gasteiger partial charge in [0.05, 0.1) is 33.7 Å². The molecule has 0 aliphatic rings. The molecule has 0 saturated heterocycles. The molecule has 0 saturated carbocycles. The van der Waals surface area contributed by atoms with Gasteiger partial charge in [0, 0.05) is 5.02 Å². The number of rotatable bonds is 4. The molecule has 0 spiro atoms. The SMILES string of the molecule is Oc1c(Cl)cc(Cl)cc1SNc1cnn(-c2ccccc2)c1. The highest BCUT2D eigenvalue weighted by molar-refractivity contribution is 8.00. The van der Waals surface area contributed by atoms with Gasteiger partial charge < -0.3 is 9.83 Å². The Morgan fingerprint density at radius 3 is 2.68 bits per heavy atom. The molecule has 3 aromatic rings. The van der Waals surface area contributed by atoms with Crippen LogP contribution in [0.5, 0.6) is 5.75 Å². The summed E-state index contributed by atoms with van der Waals surface area (Å²) in [6, 6.07) is 12.9. The maximum Gasteiger partial charge on any atom is 0.149 e. The molecule has 0 bridgehead atoms. The van der Waals surface area contributed by atoms with E-state index in [4.69, 9.17) is 23.2 Å². The lowest BCUT2D eigenvalue weighted by atomic mass is 10.3. The third-order valence-corrected chi connectivity index (χ3v) is 4.25. The van der Waals surface area contributed by atoms with Crippen LogP contribution in [0, 0.1) is 0 Å². The number of hydrogen-bond donors (Lipinski definition) is 2. The molecule has 1 aromatic heterocycles. The summed E-state index contributed by atoms with van der Waals surface area (Å²) in [6.45, 7) is 0. The number of anilines is 1. The second kappa shape index (κ2) is 6.52. The Kier molecular flexibility index (Phi) is 4.47. The number of aromatic hydroxyl groups is 1. The van der Waals surface area contributed by atoms with E-state index in [0.29, 0.717) is 9.92 Å². The molecule has 0 aliphatic heterocycles.